The quantitative estimate of drug-likeness (QED) is 0.203. The third-order valence-corrected chi connectivity index (χ3v) is 6.95. The predicted molar refractivity (Wildman–Crippen MR) is 147 cm³/mol. The van der Waals surface area contributed by atoms with Crippen LogP contribution < -0.4 is 14.4 Å². The van der Waals surface area contributed by atoms with Crippen LogP contribution in [0.5, 0.6) is 11.5 Å². The Labute approximate surface area is 219 Å². The number of hydrogen-bond acceptors (Lipinski definition) is 7. The Bertz CT molecular complexity index is 1590. The molecular weight excluding hydrogens is 486 g/mol. The molecule has 0 bridgehead atoms. The van der Waals surface area contributed by atoms with Gasteiger partial charge in [0.05, 0.1) is 25.5 Å². The van der Waals surface area contributed by atoms with Gasteiger partial charge in [0.25, 0.3) is 0 Å². The summed E-state index contributed by atoms with van der Waals surface area (Å²) in [5.41, 5.74) is 4.19. The first-order valence-electron chi connectivity index (χ1n) is 11.9. The number of ether oxygens (including phenoxy) is 2. The van der Waals surface area contributed by atoms with Gasteiger partial charge in [-0.25, -0.2) is 9.97 Å². The molecule has 8 nitrogen and oxygen atoms in total. The summed E-state index contributed by atoms with van der Waals surface area (Å²) < 4.78 is 12.7. The minimum atomic E-state index is -0.0103. The number of fused-ring (bicyclic) bond motifs is 3. The highest BCUT2D eigenvalue weighted by atomic mass is 32.2. The van der Waals surface area contributed by atoms with Crippen molar-refractivity contribution in [1.82, 2.24) is 19.6 Å². The third-order valence-electron chi connectivity index (χ3n) is 6.03. The summed E-state index contributed by atoms with van der Waals surface area (Å²) in [6, 6.07) is 21.4. The highest BCUT2D eigenvalue weighted by Gasteiger charge is 2.20. The van der Waals surface area contributed by atoms with E-state index >= 15 is 0 Å². The lowest BCUT2D eigenvalue weighted by Gasteiger charge is -2.21. The molecule has 3 aromatic carbocycles. The Morgan fingerprint density at radius 3 is 2.43 bits per heavy atom. The molecule has 2 aromatic heterocycles. The normalized spacial score (nSPS) is 11.1. The van der Waals surface area contributed by atoms with Gasteiger partial charge in [0.1, 0.15) is 0 Å². The van der Waals surface area contributed by atoms with Crippen molar-refractivity contribution in [3.63, 3.8) is 0 Å². The van der Waals surface area contributed by atoms with Crippen LogP contribution in [0.25, 0.3) is 27.9 Å². The standard InChI is InChI=1S/C28H27N5O3S/c1-5-32(20-13-9-10-18(2)14-20)25(34)17-37-28-29-22-16-24(36-4)23(35-3)15-21(22)27-30-26(31-33(27)28)19-11-7-6-8-12-19/h6-16H,5,17H2,1-4H3. The summed E-state index contributed by atoms with van der Waals surface area (Å²) >= 11 is 1.33. The molecular formula is C28H27N5O3S. The molecule has 5 rings (SSSR count). The summed E-state index contributed by atoms with van der Waals surface area (Å²) in [5, 5.41) is 6.11. The molecule has 0 saturated carbocycles. The molecule has 0 aliphatic carbocycles. The molecule has 0 unspecified atom stereocenters. The Morgan fingerprint density at radius 2 is 1.73 bits per heavy atom. The van der Waals surface area contributed by atoms with E-state index in [0.29, 0.717) is 40.2 Å². The van der Waals surface area contributed by atoms with Gasteiger partial charge in [0, 0.05) is 29.2 Å². The van der Waals surface area contributed by atoms with E-state index in [0.717, 1.165) is 22.2 Å². The van der Waals surface area contributed by atoms with Gasteiger partial charge in [0.2, 0.25) is 5.91 Å². The molecule has 188 valence electrons. The zero-order valence-electron chi connectivity index (χ0n) is 21.1. The van der Waals surface area contributed by atoms with Gasteiger partial charge in [-0.05, 0) is 37.6 Å². The zero-order chi connectivity index (χ0) is 25.9. The Morgan fingerprint density at radius 1 is 0.973 bits per heavy atom. The van der Waals surface area contributed by atoms with Crippen LogP contribution in [-0.2, 0) is 4.79 Å². The molecule has 0 atom stereocenters. The second kappa shape index (κ2) is 10.5. The Balaban J connectivity index is 1.57. The van der Waals surface area contributed by atoms with Gasteiger partial charge in [0.15, 0.2) is 28.1 Å². The number of benzene rings is 3. The van der Waals surface area contributed by atoms with Crippen LogP contribution >= 0.6 is 11.8 Å². The van der Waals surface area contributed by atoms with Gasteiger partial charge < -0.3 is 14.4 Å². The minimum absolute atomic E-state index is 0.0103. The molecule has 37 heavy (non-hydrogen) atoms. The SMILES string of the molecule is CCN(C(=O)CSc1nc2cc(OC)c(OC)cc2c2nc(-c3ccccc3)nn12)c1cccc(C)c1. The number of aromatic nitrogens is 4. The number of amides is 1. The first kappa shape index (κ1) is 24.6. The van der Waals surface area contributed by atoms with Gasteiger partial charge in [-0.15, -0.1) is 5.10 Å². The molecule has 0 saturated heterocycles. The first-order chi connectivity index (χ1) is 18.0. The topological polar surface area (TPSA) is 81.9 Å². The molecule has 5 aromatic rings. The van der Waals surface area contributed by atoms with E-state index in [-0.39, 0.29) is 11.7 Å². The smallest absolute Gasteiger partial charge is 0.237 e. The molecule has 0 aliphatic heterocycles. The van der Waals surface area contributed by atoms with Gasteiger partial charge >= 0.3 is 0 Å². The van der Waals surface area contributed by atoms with Crippen LogP contribution in [0.1, 0.15) is 12.5 Å². The highest BCUT2D eigenvalue weighted by molar-refractivity contribution is 7.99. The van der Waals surface area contributed by atoms with Crippen LogP contribution in [0.4, 0.5) is 5.69 Å². The highest BCUT2D eigenvalue weighted by Crippen LogP contribution is 2.35. The Hall–Kier alpha value is -4.11. The van der Waals surface area contributed by atoms with E-state index in [2.05, 4.69) is 0 Å². The summed E-state index contributed by atoms with van der Waals surface area (Å²) in [7, 11) is 3.18. The fourth-order valence-corrected chi connectivity index (χ4v) is 5.04. The number of nitrogens with zero attached hydrogens (tertiary/aromatic N) is 5. The van der Waals surface area contributed by atoms with Gasteiger partial charge in [-0.1, -0.05) is 54.2 Å². The van der Waals surface area contributed by atoms with Crippen molar-refractivity contribution >= 4 is 39.9 Å². The molecule has 9 heteroatoms. The monoisotopic (exact) mass is 513 g/mol. The van der Waals surface area contributed by atoms with Crippen molar-refractivity contribution in [2.75, 3.05) is 31.4 Å². The van der Waals surface area contributed by atoms with Crippen LogP contribution in [0.15, 0.2) is 71.9 Å². The van der Waals surface area contributed by atoms with Crippen molar-refractivity contribution in [3.05, 3.63) is 72.3 Å². The van der Waals surface area contributed by atoms with Crippen LogP contribution in [0.3, 0.4) is 0 Å². The molecule has 0 radical (unpaired) electrons. The molecule has 0 spiro atoms. The molecule has 0 fully saturated rings. The average Bonchev–Trinajstić information content (AvgIpc) is 3.38. The molecule has 0 aliphatic rings. The number of rotatable bonds is 8. The zero-order valence-corrected chi connectivity index (χ0v) is 22.0. The van der Waals surface area contributed by atoms with Crippen LogP contribution in [-0.4, -0.2) is 52.0 Å². The van der Waals surface area contributed by atoms with Crippen molar-refractivity contribution in [2.45, 2.75) is 19.0 Å². The maximum atomic E-state index is 13.3. The van der Waals surface area contributed by atoms with Crippen molar-refractivity contribution < 1.29 is 14.3 Å². The van der Waals surface area contributed by atoms with E-state index in [1.165, 1.54) is 11.8 Å². The van der Waals surface area contributed by atoms with Crippen molar-refractivity contribution in [1.29, 1.82) is 0 Å². The lowest BCUT2D eigenvalue weighted by atomic mass is 10.2. The van der Waals surface area contributed by atoms with E-state index in [9.17, 15) is 4.79 Å². The van der Waals surface area contributed by atoms with Gasteiger partial charge in [-0.3, -0.25) is 4.79 Å². The first-order valence-corrected chi connectivity index (χ1v) is 12.9. The van der Waals surface area contributed by atoms with Crippen LogP contribution in [0, 0.1) is 6.92 Å². The summed E-state index contributed by atoms with van der Waals surface area (Å²) in [6.45, 7) is 4.56. The van der Waals surface area contributed by atoms with E-state index in [4.69, 9.17) is 24.5 Å². The second-order valence-corrected chi connectivity index (χ2v) is 9.36. The van der Waals surface area contributed by atoms with E-state index < -0.39 is 0 Å². The maximum Gasteiger partial charge on any atom is 0.237 e. The summed E-state index contributed by atoms with van der Waals surface area (Å²) in [6.07, 6.45) is 0. The molecule has 2 heterocycles. The lowest BCUT2D eigenvalue weighted by Crippen LogP contribution is -2.32. The van der Waals surface area contributed by atoms with Crippen molar-refractivity contribution in [3.8, 4) is 22.9 Å². The van der Waals surface area contributed by atoms with Crippen molar-refractivity contribution in [2.24, 2.45) is 0 Å². The number of methoxy groups -OCH3 is 2. The number of anilines is 1. The lowest BCUT2D eigenvalue weighted by molar-refractivity contribution is -0.116. The number of aryl methyl sites for hydroxylation is 1. The number of carbonyl (C=O) groups is 1. The summed E-state index contributed by atoms with van der Waals surface area (Å²) in [5.74, 6) is 1.91. The van der Waals surface area contributed by atoms with E-state index in [1.807, 2.05) is 80.6 Å². The fourth-order valence-electron chi connectivity index (χ4n) is 4.22. The maximum absolute atomic E-state index is 13.3. The number of thioether (sulfide) groups is 1. The predicted octanol–water partition coefficient (Wildman–Crippen LogP) is 5.42. The largest absolute Gasteiger partial charge is 0.493 e. The Kier molecular flexibility index (Phi) is 6.96. The third kappa shape index (κ3) is 4.82. The number of carbonyl (C=O) groups excluding carboxylic acids is 1. The molecule has 1 amide bonds. The fraction of sp³-hybridized carbons (Fsp3) is 0.214. The second-order valence-electron chi connectivity index (χ2n) is 8.42. The number of hydrogen-bond donors (Lipinski definition) is 0. The minimum Gasteiger partial charge on any atom is -0.493 e. The summed E-state index contributed by atoms with van der Waals surface area (Å²) in [4.78, 5) is 24.7. The van der Waals surface area contributed by atoms with E-state index in [1.54, 1.807) is 23.6 Å². The van der Waals surface area contributed by atoms with Gasteiger partial charge in [-0.2, -0.15) is 4.52 Å². The average molecular weight is 514 g/mol. The molecule has 0 N–H and O–H groups in total. The van der Waals surface area contributed by atoms with Crippen LogP contribution in [0.2, 0.25) is 0 Å².